The van der Waals surface area contributed by atoms with E-state index in [4.69, 9.17) is 10.00 Å². The van der Waals surface area contributed by atoms with Crippen molar-refractivity contribution in [1.82, 2.24) is 4.90 Å². The highest BCUT2D eigenvalue weighted by Gasteiger charge is 2.21. The first-order valence-electron chi connectivity index (χ1n) is 6.07. The van der Waals surface area contributed by atoms with Crippen LogP contribution in [0.2, 0.25) is 0 Å². The van der Waals surface area contributed by atoms with E-state index in [1.165, 1.54) is 25.7 Å². The molecule has 0 heterocycles. The van der Waals surface area contributed by atoms with Gasteiger partial charge < -0.3 is 4.74 Å². The van der Waals surface area contributed by atoms with Crippen molar-refractivity contribution in [2.45, 2.75) is 45.1 Å². The summed E-state index contributed by atoms with van der Waals surface area (Å²) >= 11 is 0. The van der Waals surface area contributed by atoms with Crippen LogP contribution in [-0.4, -0.2) is 37.2 Å². The van der Waals surface area contributed by atoms with E-state index in [9.17, 15) is 0 Å². The van der Waals surface area contributed by atoms with Gasteiger partial charge in [-0.3, -0.25) is 4.90 Å². The fourth-order valence-corrected chi connectivity index (χ4v) is 2.18. The molecule has 0 saturated heterocycles. The normalized spacial score (nSPS) is 17.1. The molecule has 0 bridgehead atoms. The maximum atomic E-state index is 8.77. The predicted octanol–water partition coefficient (Wildman–Crippen LogP) is 2.18. The lowest BCUT2D eigenvalue weighted by molar-refractivity contribution is 0.0938. The van der Waals surface area contributed by atoms with Crippen molar-refractivity contribution >= 4 is 0 Å². The van der Waals surface area contributed by atoms with E-state index in [0.717, 1.165) is 26.2 Å². The molecule has 15 heavy (non-hydrogen) atoms. The molecule has 0 aromatic carbocycles. The standard InChI is InChI=1S/C12H22N2O/c1-2-10-15-11-9-14(8-7-13)12-5-3-4-6-12/h12H,2-6,8-11H2,1H3. The molecule has 0 N–H and O–H groups in total. The summed E-state index contributed by atoms with van der Waals surface area (Å²) in [7, 11) is 0. The molecule has 0 atom stereocenters. The highest BCUT2D eigenvalue weighted by Crippen LogP contribution is 2.22. The SMILES string of the molecule is CCCOCCN(CC#N)C1CCCC1. The van der Waals surface area contributed by atoms with Crippen LogP contribution in [0.4, 0.5) is 0 Å². The molecule has 86 valence electrons. The van der Waals surface area contributed by atoms with Gasteiger partial charge >= 0.3 is 0 Å². The summed E-state index contributed by atoms with van der Waals surface area (Å²) in [6.07, 6.45) is 6.23. The fraction of sp³-hybridized carbons (Fsp3) is 0.917. The molecule has 1 rings (SSSR count). The van der Waals surface area contributed by atoms with Crippen LogP contribution >= 0.6 is 0 Å². The van der Waals surface area contributed by atoms with Gasteiger partial charge in [0.25, 0.3) is 0 Å². The molecule has 3 nitrogen and oxygen atoms in total. The van der Waals surface area contributed by atoms with Crippen LogP contribution in [0.5, 0.6) is 0 Å². The van der Waals surface area contributed by atoms with Crippen LogP contribution < -0.4 is 0 Å². The summed E-state index contributed by atoms with van der Waals surface area (Å²) < 4.78 is 5.47. The molecule has 0 aromatic rings. The smallest absolute Gasteiger partial charge is 0.0869 e. The first-order chi connectivity index (χ1) is 7.38. The van der Waals surface area contributed by atoms with Gasteiger partial charge in [-0.05, 0) is 19.3 Å². The molecule has 0 aliphatic heterocycles. The zero-order valence-corrected chi connectivity index (χ0v) is 9.74. The van der Waals surface area contributed by atoms with Crippen molar-refractivity contribution in [1.29, 1.82) is 5.26 Å². The van der Waals surface area contributed by atoms with Gasteiger partial charge in [-0.25, -0.2) is 0 Å². The number of rotatable bonds is 7. The van der Waals surface area contributed by atoms with Crippen molar-refractivity contribution < 1.29 is 4.74 Å². The Morgan fingerprint density at radius 2 is 2.07 bits per heavy atom. The third-order valence-electron chi connectivity index (χ3n) is 2.99. The van der Waals surface area contributed by atoms with E-state index >= 15 is 0 Å². The first-order valence-corrected chi connectivity index (χ1v) is 6.07. The molecule has 3 heteroatoms. The Hall–Kier alpha value is -0.590. The largest absolute Gasteiger partial charge is 0.380 e. The van der Waals surface area contributed by atoms with Gasteiger partial charge in [-0.2, -0.15) is 5.26 Å². The molecule has 0 aromatic heterocycles. The Kier molecular flexibility index (Phi) is 6.38. The van der Waals surface area contributed by atoms with E-state index < -0.39 is 0 Å². The lowest BCUT2D eigenvalue weighted by atomic mass is 10.2. The Bertz CT molecular complexity index is 194. The molecule has 1 aliphatic carbocycles. The van der Waals surface area contributed by atoms with E-state index in [2.05, 4.69) is 17.9 Å². The molecule has 1 aliphatic rings. The average Bonchev–Trinajstić information content (AvgIpc) is 2.76. The lowest BCUT2D eigenvalue weighted by Gasteiger charge is -2.25. The minimum Gasteiger partial charge on any atom is -0.380 e. The summed E-state index contributed by atoms with van der Waals surface area (Å²) in [5, 5.41) is 8.77. The van der Waals surface area contributed by atoms with E-state index in [1.807, 2.05) is 0 Å². The van der Waals surface area contributed by atoms with E-state index in [-0.39, 0.29) is 0 Å². The minimum atomic E-state index is 0.556. The molecule has 0 unspecified atom stereocenters. The molecular formula is C12H22N2O. The Morgan fingerprint density at radius 1 is 1.33 bits per heavy atom. The van der Waals surface area contributed by atoms with Crippen LogP contribution in [0.15, 0.2) is 0 Å². The number of nitriles is 1. The lowest BCUT2D eigenvalue weighted by Crippen LogP contribution is -2.36. The molecule has 0 amide bonds. The fourth-order valence-electron chi connectivity index (χ4n) is 2.18. The second-order valence-corrected chi connectivity index (χ2v) is 4.18. The molecule has 1 fully saturated rings. The molecule has 1 saturated carbocycles. The van der Waals surface area contributed by atoms with Crippen molar-refractivity contribution in [3.05, 3.63) is 0 Å². The van der Waals surface area contributed by atoms with Gasteiger partial charge in [0.15, 0.2) is 0 Å². The van der Waals surface area contributed by atoms with E-state index in [0.29, 0.717) is 12.6 Å². The van der Waals surface area contributed by atoms with Crippen LogP contribution in [-0.2, 0) is 4.74 Å². The Morgan fingerprint density at radius 3 is 2.67 bits per heavy atom. The van der Waals surface area contributed by atoms with Crippen LogP contribution in [0.1, 0.15) is 39.0 Å². The average molecular weight is 210 g/mol. The van der Waals surface area contributed by atoms with Crippen molar-refractivity contribution in [2.24, 2.45) is 0 Å². The zero-order valence-electron chi connectivity index (χ0n) is 9.74. The number of ether oxygens (including phenoxy) is 1. The van der Waals surface area contributed by atoms with Crippen molar-refractivity contribution in [3.8, 4) is 6.07 Å². The monoisotopic (exact) mass is 210 g/mol. The topological polar surface area (TPSA) is 36.3 Å². The van der Waals surface area contributed by atoms with Gasteiger partial charge in [0.2, 0.25) is 0 Å². The number of hydrogen-bond donors (Lipinski definition) is 0. The summed E-state index contributed by atoms with van der Waals surface area (Å²) in [6, 6.07) is 2.89. The third kappa shape index (κ3) is 4.63. The number of nitrogens with zero attached hydrogens (tertiary/aromatic N) is 2. The summed E-state index contributed by atoms with van der Waals surface area (Å²) in [5.74, 6) is 0. The second kappa shape index (κ2) is 7.67. The maximum absolute atomic E-state index is 8.77. The quantitative estimate of drug-likeness (QED) is 0.477. The summed E-state index contributed by atoms with van der Waals surface area (Å²) in [6.45, 7) is 5.19. The van der Waals surface area contributed by atoms with Gasteiger partial charge in [-0.1, -0.05) is 19.8 Å². The maximum Gasteiger partial charge on any atom is 0.0869 e. The molecule has 0 spiro atoms. The summed E-state index contributed by atoms with van der Waals surface area (Å²) in [4.78, 5) is 2.28. The Balaban J connectivity index is 2.21. The van der Waals surface area contributed by atoms with Gasteiger partial charge in [0.05, 0.1) is 19.2 Å². The van der Waals surface area contributed by atoms with Crippen LogP contribution in [0, 0.1) is 11.3 Å². The second-order valence-electron chi connectivity index (χ2n) is 4.18. The van der Waals surface area contributed by atoms with E-state index in [1.54, 1.807) is 0 Å². The van der Waals surface area contributed by atoms with Gasteiger partial charge in [-0.15, -0.1) is 0 Å². The first kappa shape index (κ1) is 12.5. The van der Waals surface area contributed by atoms with Gasteiger partial charge in [0.1, 0.15) is 0 Å². The molecule has 0 radical (unpaired) electrons. The molecular weight excluding hydrogens is 188 g/mol. The highest BCUT2D eigenvalue weighted by molar-refractivity contribution is 4.84. The van der Waals surface area contributed by atoms with Crippen molar-refractivity contribution in [3.63, 3.8) is 0 Å². The Labute approximate surface area is 93.0 Å². The van der Waals surface area contributed by atoms with Crippen LogP contribution in [0.25, 0.3) is 0 Å². The van der Waals surface area contributed by atoms with Crippen LogP contribution in [0.3, 0.4) is 0 Å². The van der Waals surface area contributed by atoms with Gasteiger partial charge in [0, 0.05) is 19.2 Å². The van der Waals surface area contributed by atoms with Crippen molar-refractivity contribution in [2.75, 3.05) is 26.3 Å². The zero-order chi connectivity index (χ0) is 10.9. The summed E-state index contributed by atoms with van der Waals surface area (Å²) in [5.41, 5.74) is 0. The third-order valence-corrected chi connectivity index (χ3v) is 2.99. The highest BCUT2D eigenvalue weighted by atomic mass is 16.5. The minimum absolute atomic E-state index is 0.556. The number of hydrogen-bond acceptors (Lipinski definition) is 3. The predicted molar refractivity (Wildman–Crippen MR) is 60.6 cm³/mol.